The van der Waals surface area contributed by atoms with Gasteiger partial charge in [-0.2, -0.15) is 0 Å². The first-order valence-electron chi connectivity index (χ1n) is 13.3. The highest BCUT2D eigenvalue weighted by molar-refractivity contribution is 5.83. The number of likely N-dealkylation sites (tertiary alicyclic amines) is 1. The van der Waals surface area contributed by atoms with Crippen molar-refractivity contribution in [3.05, 3.63) is 59.7 Å². The van der Waals surface area contributed by atoms with E-state index in [1.54, 1.807) is 6.07 Å². The summed E-state index contributed by atoms with van der Waals surface area (Å²) in [5, 5.41) is 6.47. The molecule has 8 nitrogen and oxygen atoms in total. The summed E-state index contributed by atoms with van der Waals surface area (Å²) in [5.74, 6) is 0.527. The Bertz CT molecular complexity index is 1500. The number of aromatic nitrogens is 5. The van der Waals surface area contributed by atoms with E-state index in [1.165, 1.54) is 18.9 Å². The van der Waals surface area contributed by atoms with Crippen LogP contribution in [0.15, 0.2) is 36.7 Å². The number of hydrogen-bond acceptors (Lipinski definition) is 7. The molecule has 0 aliphatic carbocycles. The van der Waals surface area contributed by atoms with Crippen LogP contribution >= 0.6 is 0 Å². The smallest absolute Gasteiger partial charge is 0.229 e. The lowest BCUT2D eigenvalue weighted by atomic mass is 9.73. The topological polar surface area (TPSA) is 83.8 Å². The van der Waals surface area contributed by atoms with Crippen LogP contribution < -0.4 is 10.6 Å². The van der Waals surface area contributed by atoms with Crippen molar-refractivity contribution in [2.24, 2.45) is 5.41 Å². The third-order valence-corrected chi connectivity index (χ3v) is 8.45. The first-order chi connectivity index (χ1) is 18.5. The van der Waals surface area contributed by atoms with Crippen molar-refractivity contribution in [3.63, 3.8) is 0 Å². The number of imidazole rings is 1. The summed E-state index contributed by atoms with van der Waals surface area (Å²) in [4.78, 5) is 19.9. The van der Waals surface area contributed by atoms with Crippen LogP contribution in [0.5, 0.6) is 0 Å². The number of rotatable bonds is 5. The Balaban J connectivity index is 1.08. The van der Waals surface area contributed by atoms with E-state index in [0.717, 1.165) is 63.2 Å². The molecule has 2 saturated heterocycles. The van der Waals surface area contributed by atoms with Crippen LogP contribution in [-0.2, 0) is 13.0 Å². The van der Waals surface area contributed by atoms with E-state index in [1.807, 2.05) is 22.9 Å². The maximum Gasteiger partial charge on any atom is 0.229 e. The number of nitrogens with one attached hydrogen (secondary N) is 2. The summed E-state index contributed by atoms with van der Waals surface area (Å²) in [7, 11) is 0. The van der Waals surface area contributed by atoms with Gasteiger partial charge in [0.25, 0.3) is 0 Å². The second-order valence-corrected chi connectivity index (χ2v) is 11.1. The lowest BCUT2D eigenvalue weighted by molar-refractivity contribution is 0.0520. The SMILES string of the molecule is C[C@@H]1CCc2nc3c(F)cc(-c4nc(Nc5ccc(CN6CCC7(CC6)CNC7)cn5)ncc4F)cc3n21. The fourth-order valence-electron chi connectivity index (χ4n) is 6.08. The van der Waals surface area contributed by atoms with E-state index in [-0.39, 0.29) is 17.7 Å². The number of fused-ring (bicyclic) bond motifs is 3. The summed E-state index contributed by atoms with van der Waals surface area (Å²) < 4.78 is 31.9. The lowest BCUT2D eigenvalue weighted by Gasteiger charge is -2.48. The molecule has 6 heterocycles. The standard InChI is InChI=1S/C28H30F2N8/c1-17-2-5-24-35-26-20(29)10-19(11-22(26)38(17)24)25-21(30)13-33-27(36-25)34-23-4-3-18(12-32-23)14-37-8-6-28(7-9-37)15-31-16-28/h3-4,10-13,17,31H,2,5-9,14-16H2,1H3,(H,32,33,34,36)/t17-/m1/s1. The molecule has 1 spiro atoms. The van der Waals surface area contributed by atoms with Crippen molar-refractivity contribution in [2.75, 3.05) is 31.5 Å². The van der Waals surface area contributed by atoms with E-state index >= 15 is 0 Å². The van der Waals surface area contributed by atoms with Gasteiger partial charge in [-0.25, -0.2) is 28.7 Å². The maximum atomic E-state index is 15.0. The number of pyridine rings is 1. The van der Waals surface area contributed by atoms with Crippen LogP contribution in [0.2, 0.25) is 0 Å². The predicted molar refractivity (Wildman–Crippen MR) is 141 cm³/mol. The molecule has 3 aliphatic rings. The van der Waals surface area contributed by atoms with Gasteiger partial charge in [0.2, 0.25) is 5.95 Å². The van der Waals surface area contributed by atoms with E-state index in [0.29, 0.717) is 27.8 Å². The van der Waals surface area contributed by atoms with Gasteiger partial charge >= 0.3 is 0 Å². The van der Waals surface area contributed by atoms with Gasteiger partial charge in [-0.15, -0.1) is 0 Å². The molecule has 38 heavy (non-hydrogen) atoms. The minimum atomic E-state index is -0.618. The molecule has 0 saturated carbocycles. The van der Waals surface area contributed by atoms with Crippen molar-refractivity contribution in [3.8, 4) is 11.3 Å². The summed E-state index contributed by atoms with van der Waals surface area (Å²) in [6.45, 7) is 7.50. The first kappa shape index (κ1) is 23.6. The third kappa shape index (κ3) is 4.12. The summed E-state index contributed by atoms with van der Waals surface area (Å²) in [6.07, 6.45) is 7.22. The molecule has 2 N–H and O–H groups in total. The second kappa shape index (κ2) is 9.06. The normalized spacial score (nSPS) is 20.6. The van der Waals surface area contributed by atoms with Crippen LogP contribution in [0.1, 0.15) is 43.6 Å². The zero-order valence-corrected chi connectivity index (χ0v) is 21.3. The molecule has 196 valence electrons. The van der Waals surface area contributed by atoms with E-state index in [4.69, 9.17) is 0 Å². The van der Waals surface area contributed by atoms with Crippen LogP contribution in [0.4, 0.5) is 20.5 Å². The van der Waals surface area contributed by atoms with E-state index < -0.39 is 11.6 Å². The number of nitrogens with zero attached hydrogens (tertiary/aromatic N) is 6. The molecule has 0 radical (unpaired) electrons. The molecule has 7 rings (SSSR count). The fraction of sp³-hybridized carbons (Fsp3) is 0.429. The number of hydrogen-bond donors (Lipinski definition) is 2. The quantitative estimate of drug-likeness (QED) is 0.401. The molecular formula is C28H30F2N8. The Morgan fingerprint density at radius 3 is 2.63 bits per heavy atom. The van der Waals surface area contributed by atoms with Crippen molar-refractivity contribution in [1.29, 1.82) is 0 Å². The second-order valence-electron chi connectivity index (χ2n) is 11.1. The van der Waals surface area contributed by atoms with Gasteiger partial charge in [0, 0.05) is 43.9 Å². The third-order valence-electron chi connectivity index (χ3n) is 8.45. The molecular weight excluding hydrogens is 486 g/mol. The highest BCUT2D eigenvalue weighted by Crippen LogP contribution is 2.36. The molecule has 2 fully saturated rings. The fourth-order valence-corrected chi connectivity index (χ4v) is 6.08. The van der Waals surface area contributed by atoms with Crippen molar-refractivity contribution in [1.82, 2.24) is 34.7 Å². The number of halogens is 2. The molecule has 0 bridgehead atoms. The average Bonchev–Trinajstić information content (AvgIpc) is 3.46. The molecule has 10 heteroatoms. The number of anilines is 2. The summed E-state index contributed by atoms with van der Waals surface area (Å²) in [5.41, 5.74) is 3.04. The summed E-state index contributed by atoms with van der Waals surface area (Å²) in [6, 6.07) is 7.20. The average molecular weight is 517 g/mol. The Morgan fingerprint density at radius 1 is 1.05 bits per heavy atom. The molecule has 3 aliphatic heterocycles. The van der Waals surface area contributed by atoms with Crippen LogP contribution in [0.3, 0.4) is 0 Å². The van der Waals surface area contributed by atoms with Gasteiger partial charge in [-0.3, -0.25) is 4.90 Å². The molecule has 0 unspecified atom stereocenters. The predicted octanol–water partition coefficient (Wildman–Crippen LogP) is 4.60. The van der Waals surface area contributed by atoms with Gasteiger partial charge < -0.3 is 15.2 Å². The zero-order chi connectivity index (χ0) is 25.9. The lowest BCUT2D eigenvalue weighted by Crippen LogP contribution is -2.58. The van der Waals surface area contributed by atoms with Gasteiger partial charge in [0.1, 0.15) is 22.9 Å². The number of piperidine rings is 1. The minimum absolute atomic E-state index is 0.0330. The molecule has 1 aromatic carbocycles. The van der Waals surface area contributed by atoms with Gasteiger partial charge in [0.15, 0.2) is 11.6 Å². The largest absolute Gasteiger partial charge is 0.325 e. The van der Waals surface area contributed by atoms with Crippen molar-refractivity contribution < 1.29 is 8.78 Å². The van der Waals surface area contributed by atoms with Gasteiger partial charge in [0.05, 0.1) is 11.7 Å². The highest BCUT2D eigenvalue weighted by atomic mass is 19.1. The van der Waals surface area contributed by atoms with Gasteiger partial charge in [-0.05, 0) is 68.5 Å². The Hall–Kier alpha value is -3.50. The first-order valence-corrected chi connectivity index (χ1v) is 13.3. The monoisotopic (exact) mass is 516 g/mol. The Morgan fingerprint density at radius 2 is 1.89 bits per heavy atom. The van der Waals surface area contributed by atoms with Crippen molar-refractivity contribution in [2.45, 2.75) is 45.2 Å². The van der Waals surface area contributed by atoms with Crippen LogP contribution in [-0.4, -0.2) is 55.6 Å². The maximum absolute atomic E-state index is 15.0. The zero-order valence-electron chi connectivity index (χ0n) is 21.3. The molecule has 4 aromatic rings. The Labute approximate surface area is 219 Å². The highest BCUT2D eigenvalue weighted by Gasteiger charge is 2.39. The Kier molecular flexibility index (Phi) is 5.63. The van der Waals surface area contributed by atoms with Crippen molar-refractivity contribution >= 4 is 22.8 Å². The minimum Gasteiger partial charge on any atom is -0.325 e. The molecule has 1 atom stereocenters. The van der Waals surface area contributed by atoms with E-state index in [9.17, 15) is 8.78 Å². The summed E-state index contributed by atoms with van der Waals surface area (Å²) >= 11 is 0. The van der Waals surface area contributed by atoms with Crippen LogP contribution in [0, 0.1) is 17.0 Å². The molecule has 0 amide bonds. The molecule has 3 aromatic heterocycles. The van der Waals surface area contributed by atoms with Gasteiger partial charge in [-0.1, -0.05) is 6.07 Å². The number of aryl methyl sites for hydroxylation is 1. The number of benzene rings is 1. The van der Waals surface area contributed by atoms with E-state index in [2.05, 4.69) is 42.4 Å². The van der Waals surface area contributed by atoms with Crippen LogP contribution in [0.25, 0.3) is 22.3 Å².